The molecule has 0 aromatic heterocycles. The van der Waals surface area contributed by atoms with E-state index in [0.29, 0.717) is 5.75 Å². The van der Waals surface area contributed by atoms with E-state index in [1.165, 1.54) is 24.3 Å². The lowest BCUT2D eigenvalue weighted by Gasteiger charge is -2.14. The molecule has 2 aromatic carbocycles. The van der Waals surface area contributed by atoms with Crippen LogP contribution >= 0.6 is 0 Å². The van der Waals surface area contributed by atoms with E-state index in [0.717, 1.165) is 16.8 Å². The van der Waals surface area contributed by atoms with Crippen molar-refractivity contribution in [1.82, 2.24) is 5.32 Å². The second-order valence-electron chi connectivity index (χ2n) is 5.57. The highest BCUT2D eigenvalue weighted by atomic mass is 19.1. The lowest BCUT2D eigenvalue weighted by atomic mass is 10.1. The third-order valence-corrected chi connectivity index (χ3v) is 3.40. The number of hydrogen-bond acceptors (Lipinski definition) is 3. The maximum Gasteiger partial charge on any atom is 0.319 e. The molecule has 5 nitrogen and oxygen atoms in total. The number of nitrogens with one attached hydrogen (secondary N) is 2. The van der Waals surface area contributed by atoms with Gasteiger partial charge in [0.05, 0.1) is 0 Å². The van der Waals surface area contributed by atoms with E-state index in [4.69, 9.17) is 4.74 Å². The van der Waals surface area contributed by atoms with Gasteiger partial charge in [-0.05, 0) is 55.3 Å². The molecule has 0 bridgehead atoms. The summed E-state index contributed by atoms with van der Waals surface area (Å²) in [6.07, 6.45) is -0.876. The Morgan fingerprint density at radius 3 is 2.62 bits per heavy atom. The summed E-state index contributed by atoms with van der Waals surface area (Å²) in [6.45, 7) is 3.88. The molecule has 0 saturated carbocycles. The number of carbonyl (C=O) groups excluding carboxylic acids is 1. The van der Waals surface area contributed by atoms with Crippen molar-refractivity contribution in [3.63, 3.8) is 0 Å². The lowest BCUT2D eigenvalue weighted by Crippen LogP contribution is -2.37. The molecule has 24 heavy (non-hydrogen) atoms. The molecule has 1 unspecified atom stereocenters. The molecule has 0 aliphatic rings. The van der Waals surface area contributed by atoms with Crippen molar-refractivity contribution >= 4 is 11.7 Å². The standard InChI is InChI=1S/C18H21FN2O3/c1-12-3-4-13(2)17(9-12)21-18(23)20-10-15(22)11-24-16-7-5-14(19)6-8-16/h3-9,15,22H,10-11H2,1-2H3,(H2,20,21,23). The molecule has 0 fully saturated rings. The van der Waals surface area contributed by atoms with Gasteiger partial charge in [0.15, 0.2) is 0 Å². The normalized spacial score (nSPS) is 11.7. The molecule has 0 spiro atoms. The lowest BCUT2D eigenvalue weighted by molar-refractivity contribution is 0.108. The van der Waals surface area contributed by atoms with E-state index in [1.54, 1.807) is 0 Å². The Morgan fingerprint density at radius 2 is 1.92 bits per heavy atom. The first-order valence-corrected chi connectivity index (χ1v) is 7.62. The summed E-state index contributed by atoms with van der Waals surface area (Å²) in [5, 5.41) is 15.2. The number of aliphatic hydroxyl groups excluding tert-OH is 1. The molecule has 3 N–H and O–H groups in total. The van der Waals surface area contributed by atoms with Crippen LogP contribution in [-0.4, -0.2) is 30.4 Å². The van der Waals surface area contributed by atoms with Crippen LogP contribution in [-0.2, 0) is 0 Å². The van der Waals surface area contributed by atoms with Gasteiger partial charge in [0.25, 0.3) is 0 Å². The smallest absolute Gasteiger partial charge is 0.319 e. The molecule has 2 amide bonds. The number of carbonyl (C=O) groups is 1. The minimum absolute atomic E-state index is 0.00458. The Balaban J connectivity index is 1.74. The zero-order chi connectivity index (χ0) is 17.5. The minimum Gasteiger partial charge on any atom is -0.491 e. The van der Waals surface area contributed by atoms with Crippen molar-refractivity contribution in [2.45, 2.75) is 20.0 Å². The van der Waals surface area contributed by atoms with Gasteiger partial charge in [-0.3, -0.25) is 0 Å². The molecule has 2 rings (SSSR count). The van der Waals surface area contributed by atoms with Gasteiger partial charge in [0, 0.05) is 12.2 Å². The van der Waals surface area contributed by atoms with Gasteiger partial charge in [-0.15, -0.1) is 0 Å². The molecule has 0 radical (unpaired) electrons. The summed E-state index contributed by atoms with van der Waals surface area (Å²) in [5.74, 6) is 0.1000. The topological polar surface area (TPSA) is 70.6 Å². The van der Waals surface area contributed by atoms with E-state index in [-0.39, 0.29) is 19.0 Å². The van der Waals surface area contributed by atoms with Gasteiger partial charge in [-0.2, -0.15) is 0 Å². The number of aliphatic hydroxyl groups is 1. The highest BCUT2D eigenvalue weighted by Gasteiger charge is 2.09. The van der Waals surface area contributed by atoms with E-state index >= 15 is 0 Å². The molecule has 0 aliphatic carbocycles. The first-order chi connectivity index (χ1) is 11.4. The number of amides is 2. The monoisotopic (exact) mass is 332 g/mol. The Kier molecular flexibility index (Phi) is 6.14. The minimum atomic E-state index is -0.876. The van der Waals surface area contributed by atoms with Gasteiger partial charge in [0.1, 0.15) is 24.3 Å². The van der Waals surface area contributed by atoms with Crippen LogP contribution in [0.4, 0.5) is 14.9 Å². The number of urea groups is 1. The maximum absolute atomic E-state index is 12.8. The second-order valence-corrected chi connectivity index (χ2v) is 5.57. The summed E-state index contributed by atoms with van der Waals surface area (Å²) >= 11 is 0. The van der Waals surface area contributed by atoms with Crippen molar-refractivity contribution in [3.8, 4) is 5.75 Å². The molecule has 1 atom stereocenters. The SMILES string of the molecule is Cc1ccc(C)c(NC(=O)NCC(O)COc2ccc(F)cc2)c1. The summed E-state index contributed by atoms with van der Waals surface area (Å²) in [4.78, 5) is 11.9. The van der Waals surface area contributed by atoms with E-state index in [9.17, 15) is 14.3 Å². The molecule has 128 valence electrons. The van der Waals surface area contributed by atoms with Crippen molar-refractivity contribution in [3.05, 3.63) is 59.4 Å². The van der Waals surface area contributed by atoms with Crippen LogP contribution in [0.5, 0.6) is 5.75 Å². The fourth-order valence-corrected chi connectivity index (χ4v) is 2.03. The van der Waals surface area contributed by atoms with E-state index < -0.39 is 12.1 Å². The fraction of sp³-hybridized carbons (Fsp3) is 0.278. The molecule has 0 saturated heterocycles. The van der Waals surface area contributed by atoms with Crippen molar-refractivity contribution < 1.29 is 19.0 Å². The third kappa shape index (κ3) is 5.55. The van der Waals surface area contributed by atoms with Gasteiger partial charge in [-0.1, -0.05) is 12.1 Å². The van der Waals surface area contributed by atoms with E-state index in [2.05, 4.69) is 10.6 Å². The van der Waals surface area contributed by atoms with Gasteiger partial charge in [-0.25, -0.2) is 9.18 Å². The Labute approximate surface area is 140 Å². The zero-order valence-electron chi connectivity index (χ0n) is 13.7. The van der Waals surface area contributed by atoms with Crippen LogP contribution in [0.2, 0.25) is 0 Å². The quantitative estimate of drug-likeness (QED) is 0.761. The molecule has 0 aliphatic heterocycles. The number of hydrogen-bond donors (Lipinski definition) is 3. The average Bonchev–Trinajstić information content (AvgIpc) is 2.56. The number of ether oxygens (including phenoxy) is 1. The first-order valence-electron chi connectivity index (χ1n) is 7.62. The Morgan fingerprint density at radius 1 is 1.21 bits per heavy atom. The molecule has 2 aromatic rings. The second kappa shape index (κ2) is 8.31. The number of anilines is 1. The summed E-state index contributed by atoms with van der Waals surface area (Å²) < 4.78 is 18.1. The van der Waals surface area contributed by atoms with Gasteiger partial charge in [0.2, 0.25) is 0 Å². The highest BCUT2D eigenvalue weighted by molar-refractivity contribution is 5.90. The van der Waals surface area contributed by atoms with Crippen LogP contribution in [0, 0.1) is 19.7 Å². The van der Waals surface area contributed by atoms with Crippen molar-refractivity contribution in [2.75, 3.05) is 18.5 Å². The van der Waals surface area contributed by atoms with Crippen molar-refractivity contribution in [1.29, 1.82) is 0 Å². The van der Waals surface area contributed by atoms with E-state index in [1.807, 2.05) is 32.0 Å². The predicted molar refractivity (Wildman–Crippen MR) is 90.8 cm³/mol. The maximum atomic E-state index is 12.8. The van der Waals surface area contributed by atoms with Crippen LogP contribution < -0.4 is 15.4 Å². The van der Waals surface area contributed by atoms with Crippen LogP contribution in [0.25, 0.3) is 0 Å². The number of aryl methyl sites for hydroxylation is 2. The van der Waals surface area contributed by atoms with Gasteiger partial charge < -0.3 is 20.5 Å². The number of benzene rings is 2. The van der Waals surface area contributed by atoms with Crippen LogP contribution in [0.15, 0.2) is 42.5 Å². The highest BCUT2D eigenvalue weighted by Crippen LogP contribution is 2.16. The number of halogens is 1. The predicted octanol–water partition coefficient (Wildman–Crippen LogP) is 3.00. The van der Waals surface area contributed by atoms with Crippen molar-refractivity contribution in [2.24, 2.45) is 0 Å². The summed E-state index contributed by atoms with van der Waals surface area (Å²) in [5.41, 5.74) is 2.73. The molecular formula is C18H21FN2O3. The molecule has 0 heterocycles. The Bertz CT molecular complexity index is 689. The molecule has 6 heteroatoms. The average molecular weight is 332 g/mol. The fourth-order valence-electron chi connectivity index (χ4n) is 2.03. The largest absolute Gasteiger partial charge is 0.491 e. The third-order valence-electron chi connectivity index (χ3n) is 3.40. The summed E-state index contributed by atoms with van der Waals surface area (Å²) in [6, 6.07) is 10.9. The Hall–Kier alpha value is -2.60. The van der Waals surface area contributed by atoms with Crippen LogP contribution in [0.3, 0.4) is 0 Å². The van der Waals surface area contributed by atoms with Crippen LogP contribution in [0.1, 0.15) is 11.1 Å². The number of rotatable bonds is 6. The van der Waals surface area contributed by atoms with Gasteiger partial charge >= 0.3 is 6.03 Å². The first kappa shape index (κ1) is 17.7. The molecular weight excluding hydrogens is 311 g/mol. The summed E-state index contributed by atoms with van der Waals surface area (Å²) in [7, 11) is 0. The zero-order valence-corrected chi connectivity index (χ0v) is 13.7.